The van der Waals surface area contributed by atoms with Crippen molar-refractivity contribution in [3.63, 3.8) is 0 Å². The standard InChI is InChI=1S/C21H18N2O4S/c1-2-15-11-16-19(28-15)22-18(10-13-6-4-3-5-7-13)23(20(16)24)12-14-8-9-17(27-14)21(25)26/h3-9,11H,2,10,12H2,1H3,(H,25,26). The molecule has 0 unspecified atom stereocenters. The second-order valence-electron chi connectivity index (χ2n) is 6.44. The summed E-state index contributed by atoms with van der Waals surface area (Å²) < 4.78 is 6.94. The lowest BCUT2D eigenvalue weighted by Gasteiger charge is -2.11. The van der Waals surface area contributed by atoms with Crippen LogP contribution in [0.2, 0.25) is 0 Å². The molecule has 3 aromatic heterocycles. The van der Waals surface area contributed by atoms with E-state index in [4.69, 9.17) is 14.5 Å². The van der Waals surface area contributed by atoms with Crippen LogP contribution in [0.15, 0.2) is 57.7 Å². The molecule has 0 radical (unpaired) electrons. The number of rotatable bonds is 6. The SMILES string of the molecule is CCc1cc2c(=O)n(Cc3ccc(C(=O)O)o3)c(Cc3ccccc3)nc2s1. The predicted molar refractivity (Wildman–Crippen MR) is 107 cm³/mol. The highest BCUT2D eigenvalue weighted by Crippen LogP contribution is 2.23. The molecular weight excluding hydrogens is 376 g/mol. The number of nitrogens with zero attached hydrogens (tertiary/aromatic N) is 2. The third kappa shape index (κ3) is 3.48. The highest BCUT2D eigenvalue weighted by molar-refractivity contribution is 7.18. The molecule has 0 aliphatic carbocycles. The summed E-state index contributed by atoms with van der Waals surface area (Å²) in [5.41, 5.74) is 0.903. The van der Waals surface area contributed by atoms with E-state index in [-0.39, 0.29) is 17.9 Å². The lowest BCUT2D eigenvalue weighted by Crippen LogP contribution is -2.25. The maximum Gasteiger partial charge on any atom is 0.371 e. The van der Waals surface area contributed by atoms with Crippen molar-refractivity contribution in [2.45, 2.75) is 26.3 Å². The first-order valence-corrected chi connectivity index (χ1v) is 9.75. The summed E-state index contributed by atoms with van der Waals surface area (Å²) in [5, 5.41) is 9.65. The Bertz CT molecular complexity index is 1200. The Morgan fingerprint density at radius 2 is 2.00 bits per heavy atom. The Morgan fingerprint density at radius 3 is 2.68 bits per heavy atom. The molecule has 28 heavy (non-hydrogen) atoms. The summed E-state index contributed by atoms with van der Waals surface area (Å²) in [5.74, 6) is -0.255. The van der Waals surface area contributed by atoms with Gasteiger partial charge in [0.25, 0.3) is 5.56 Å². The normalized spacial score (nSPS) is 11.2. The maximum atomic E-state index is 13.2. The van der Waals surface area contributed by atoms with Crippen LogP contribution in [-0.2, 0) is 19.4 Å². The predicted octanol–water partition coefficient (Wildman–Crippen LogP) is 3.95. The Labute approximate surface area is 164 Å². The minimum Gasteiger partial charge on any atom is -0.475 e. The second-order valence-corrected chi connectivity index (χ2v) is 7.55. The molecule has 1 N–H and O–H groups in total. The molecule has 1 aromatic carbocycles. The van der Waals surface area contributed by atoms with Crippen molar-refractivity contribution < 1.29 is 14.3 Å². The average molecular weight is 394 g/mol. The fraction of sp³-hybridized carbons (Fsp3) is 0.190. The maximum absolute atomic E-state index is 13.2. The Hall–Kier alpha value is -3.19. The molecule has 3 heterocycles. The number of carboxylic acid groups (broad SMARTS) is 1. The lowest BCUT2D eigenvalue weighted by molar-refractivity contribution is 0.0660. The second kappa shape index (κ2) is 7.44. The van der Waals surface area contributed by atoms with Gasteiger partial charge in [-0.05, 0) is 30.2 Å². The zero-order valence-electron chi connectivity index (χ0n) is 15.2. The van der Waals surface area contributed by atoms with Crippen molar-refractivity contribution in [3.05, 3.63) is 86.7 Å². The zero-order chi connectivity index (χ0) is 19.7. The van der Waals surface area contributed by atoms with E-state index in [2.05, 4.69) is 0 Å². The van der Waals surface area contributed by atoms with Gasteiger partial charge in [-0.1, -0.05) is 37.3 Å². The average Bonchev–Trinajstić information content (AvgIpc) is 3.33. The van der Waals surface area contributed by atoms with Gasteiger partial charge in [0.15, 0.2) is 0 Å². The van der Waals surface area contributed by atoms with Crippen molar-refractivity contribution in [2.75, 3.05) is 0 Å². The number of hydrogen-bond donors (Lipinski definition) is 1. The minimum atomic E-state index is -1.14. The molecule has 0 spiro atoms. The molecule has 0 bridgehead atoms. The summed E-state index contributed by atoms with van der Waals surface area (Å²) in [6, 6.07) is 14.7. The Morgan fingerprint density at radius 1 is 1.21 bits per heavy atom. The van der Waals surface area contributed by atoms with Crippen molar-refractivity contribution in [1.29, 1.82) is 0 Å². The molecule has 4 aromatic rings. The number of aromatic carboxylic acids is 1. The van der Waals surface area contributed by atoms with Gasteiger partial charge in [-0.3, -0.25) is 9.36 Å². The number of furan rings is 1. The van der Waals surface area contributed by atoms with Gasteiger partial charge in [0.05, 0.1) is 11.9 Å². The van der Waals surface area contributed by atoms with Crippen LogP contribution in [-0.4, -0.2) is 20.6 Å². The van der Waals surface area contributed by atoms with E-state index < -0.39 is 5.97 Å². The summed E-state index contributed by atoms with van der Waals surface area (Å²) >= 11 is 1.53. The first-order chi connectivity index (χ1) is 13.5. The van der Waals surface area contributed by atoms with E-state index in [1.165, 1.54) is 17.4 Å². The lowest BCUT2D eigenvalue weighted by atomic mass is 10.1. The first kappa shape index (κ1) is 18.2. The molecular formula is C21H18N2O4S. The van der Waals surface area contributed by atoms with Gasteiger partial charge < -0.3 is 9.52 Å². The van der Waals surface area contributed by atoms with E-state index >= 15 is 0 Å². The van der Waals surface area contributed by atoms with Crippen LogP contribution in [0.1, 0.15) is 39.5 Å². The third-order valence-corrected chi connectivity index (χ3v) is 5.69. The molecule has 0 saturated carbocycles. The van der Waals surface area contributed by atoms with Gasteiger partial charge in [0.2, 0.25) is 5.76 Å². The van der Waals surface area contributed by atoms with E-state index in [1.807, 2.05) is 43.3 Å². The smallest absolute Gasteiger partial charge is 0.371 e. The molecule has 6 nitrogen and oxygen atoms in total. The van der Waals surface area contributed by atoms with Crippen LogP contribution >= 0.6 is 11.3 Å². The summed E-state index contributed by atoms with van der Waals surface area (Å²) in [6.45, 7) is 2.18. The third-order valence-electron chi connectivity index (χ3n) is 4.52. The molecule has 4 rings (SSSR count). The first-order valence-electron chi connectivity index (χ1n) is 8.93. The van der Waals surface area contributed by atoms with Gasteiger partial charge in [-0.25, -0.2) is 9.78 Å². The largest absolute Gasteiger partial charge is 0.475 e. The zero-order valence-corrected chi connectivity index (χ0v) is 16.0. The van der Waals surface area contributed by atoms with Crippen molar-refractivity contribution in [3.8, 4) is 0 Å². The number of thiophene rings is 1. The molecule has 0 amide bonds. The summed E-state index contributed by atoms with van der Waals surface area (Å²) in [4.78, 5) is 30.9. The molecule has 0 atom stereocenters. The van der Waals surface area contributed by atoms with Crippen LogP contribution in [0, 0.1) is 0 Å². The number of aromatic nitrogens is 2. The van der Waals surface area contributed by atoms with Crippen LogP contribution < -0.4 is 5.56 Å². The highest BCUT2D eigenvalue weighted by Gasteiger charge is 2.17. The van der Waals surface area contributed by atoms with Crippen LogP contribution in [0.5, 0.6) is 0 Å². The Kier molecular flexibility index (Phi) is 4.83. The van der Waals surface area contributed by atoms with Crippen molar-refractivity contribution in [1.82, 2.24) is 9.55 Å². The molecule has 0 saturated heterocycles. The number of aryl methyl sites for hydroxylation is 1. The van der Waals surface area contributed by atoms with Crippen LogP contribution in [0.4, 0.5) is 0 Å². The fourth-order valence-corrected chi connectivity index (χ4v) is 4.07. The van der Waals surface area contributed by atoms with E-state index in [1.54, 1.807) is 10.6 Å². The number of hydrogen-bond acceptors (Lipinski definition) is 5. The summed E-state index contributed by atoms with van der Waals surface area (Å²) in [7, 11) is 0. The summed E-state index contributed by atoms with van der Waals surface area (Å²) in [6.07, 6.45) is 1.34. The van der Waals surface area contributed by atoms with Gasteiger partial charge in [-0.15, -0.1) is 11.3 Å². The van der Waals surface area contributed by atoms with Crippen molar-refractivity contribution >= 4 is 27.5 Å². The topological polar surface area (TPSA) is 85.3 Å². The molecule has 0 aliphatic heterocycles. The minimum absolute atomic E-state index is 0.133. The number of carbonyl (C=O) groups is 1. The van der Waals surface area contributed by atoms with E-state index in [0.29, 0.717) is 23.4 Å². The Balaban J connectivity index is 1.82. The van der Waals surface area contributed by atoms with Crippen LogP contribution in [0.3, 0.4) is 0 Å². The van der Waals surface area contributed by atoms with Gasteiger partial charge in [0.1, 0.15) is 16.4 Å². The van der Waals surface area contributed by atoms with Gasteiger partial charge in [0, 0.05) is 11.3 Å². The molecule has 142 valence electrons. The fourth-order valence-electron chi connectivity index (χ4n) is 3.09. The number of carboxylic acids is 1. The molecule has 0 fully saturated rings. The quantitative estimate of drug-likeness (QED) is 0.535. The number of fused-ring (bicyclic) bond motifs is 1. The van der Waals surface area contributed by atoms with E-state index in [0.717, 1.165) is 21.7 Å². The number of benzene rings is 1. The monoisotopic (exact) mass is 394 g/mol. The molecule has 7 heteroatoms. The van der Waals surface area contributed by atoms with Gasteiger partial charge >= 0.3 is 5.97 Å². The van der Waals surface area contributed by atoms with Gasteiger partial charge in [-0.2, -0.15) is 0 Å². The van der Waals surface area contributed by atoms with E-state index in [9.17, 15) is 9.59 Å². The van der Waals surface area contributed by atoms with Crippen LogP contribution in [0.25, 0.3) is 10.2 Å². The van der Waals surface area contributed by atoms with Crippen molar-refractivity contribution in [2.24, 2.45) is 0 Å². The molecule has 0 aliphatic rings. The highest BCUT2D eigenvalue weighted by atomic mass is 32.1.